The van der Waals surface area contributed by atoms with Crippen molar-refractivity contribution in [3.63, 3.8) is 0 Å². The van der Waals surface area contributed by atoms with Gasteiger partial charge in [0.2, 0.25) is 5.62 Å². The number of nitrogen functional groups attached to an aromatic ring is 1. The molecule has 1 saturated heterocycles. The van der Waals surface area contributed by atoms with Crippen LogP contribution in [0.1, 0.15) is 5.56 Å². The molecule has 0 radical (unpaired) electrons. The number of pyridine rings is 1. The number of benzene rings is 1. The predicted molar refractivity (Wildman–Crippen MR) is 99.9 cm³/mol. The summed E-state index contributed by atoms with van der Waals surface area (Å²) in [6.45, 7) is 5.15. The molecule has 0 unspecified atom stereocenters. The maximum atomic E-state index is 6.03. The van der Waals surface area contributed by atoms with Gasteiger partial charge in [0.05, 0.1) is 13.2 Å². The highest BCUT2D eigenvalue weighted by Gasteiger charge is 2.23. The smallest absolute Gasteiger partial charge is 0.247 e. The molecule has 0 aromatic heterocycles. The van der Waals surface area contributed by atoms with Gasteiger partial charge in [-0.3, -0.25) is 0 Å². The fourth-order valence-corrected chi connectivity index (χ4v) is 3.52. The summed E-state index contributed by atoms with van der Waals surface area (Å²) >= 11 is 0. The lowest BCUT2D eigenvalue weighted by molar-refractivity contribution is 0.0112. The Morgan fingerprint density at radius 3 is 2.96 bits per heavy atom. The molecule has 4 aliphatic heterocycles. The molecule has 0 atom stereocenters. The zero-order valence-electron chi connectivity index (χ0n) is 14.6. The lowest BCUT2D eigenvalue weighted by atomic mass is 9.98. The number of fused-ring (bicyclic) bond motifs is 3. The normalized spacial score (nSPS) is 17.2. The summed E-state index contributed by atoms with van der Waals surface area (Å²) in [5.41, 5.74) is 11.8. The topological polar surface area (TPSA) is 90.3 Å². The van der Waals surface area contributed by atoms with E-state index in [0.29, 0.717) is 18.8 Å². The van der Waals surface area contributed by atoms with Gasteiger partial charge in [-0.05, 0) is 36.2 Å². The summed E-state index contributed by atoms with van der Waals surface area (Å²) < 4.78 is 7.39. The quantitative estimate of drug-likeness (QED) is 0.688. The number of anilines is 2. The van der Waals surface area contributed by atoms with Crippen LogP contribution < -0.4 is 16.7 Å². The maximum Gasteiger partial charge on any atom is 0.247 e. The van der Waals surface area contributed by atoms with Crippen molar-refractivity contribution in [3.05, 3.63) is 41.6 Å². The number of aryl methyl sites for hydroxylation is 1. The van der Waals surface area contributed by atoms with Crippen LogP contribution >= 0.6 is 0 Å². The molecule has 4 aliphatic rings. The third kappa shape index (κ3) is 2.43. The average molecular weight is 348 g/mol. The Kier molecular flexibility index (Phi) is 3.43. The summed E-state index contributed by atoms with van der Waals surface area (Å²) in [4.78, 5) is 13.7. The molecule has 0 saturated carbocycles. The van der Waals surface area contributed by atoms with E-state index in [0.717, 1.165) is 47.1 Å². The molecular formula is C19H20N6O. The van der Waals surface area contributed by atoms with Crippen molar-refractivity contribution < 1.29 is 4.74 Å². The molecule has 0 bridgehead atoms. The molecule has 0 spiro atoms. The number of nitrogens with two attached hydrogens (primary N) is 1. The van der Waals surface area contributed by atoms with Gasteiger partial charge in [0.25, 0.3) is 0 Å². The number of nitrogens with one attached hydrogen (secondary N) is 1. The van der Waals surface area contributed by atoms with Gasteiger partial charge in [-0.1, -0.05) is 6.07 Å². The minimum absolute atomic E-state index is 0.179. The Hall–Kier alpha value is -2.93. The Morgan fingerprint density at radius 1 is 1.27 bits per heavy atom. The number of hydrogen-bond donors (Lipinski definition) is 2. The minimum Gasteiger partial charge on any atom is -0.399 e. The van der Waals surface area contributed by atoms with Crippen LogP contribution in [0.3, 0.4) is 0 Å². The van der Waals surface area contributed by atoms with Crippen LogP contribution in [-0.4, -0.2) is 40.3 Å². The van der Waals surface area contributed by atoms with Crippen LogP contribution in [0.15, 0.2) is 35.5 Å². The first kappa shape index (κ1) is 15.3. The van der Waals surface area contributed by atoms with Crippen LogP contribution in [0.2, 0.25) is 0 Å². The molecule has 132 valence electrons. The zero-order chi connectivity index (χ0) is 17.7. The van der Waals surface area contributed by atoms with Crippen molar-refractivity contribution in [1.82, 2.24) is 14.5 Å². The molecule has 0 aliphatic carbocycles. The molecule has 7 nitrogen and oxygen atoms in total. The molecule has 1 aromatic rings. The highest BCUT2D eigenvalue weighted by Crippen LogP contribution is 2.38. The second kappa shape index (κ2) is 5.81. The lowest BCUT2D eigenvalue weighted by Crippen LogP contribution is -2.34. The molecule has 0 amide bonds. The van der Waals surface area contributed by atoms with Gasteiger partial charge in [0, 0.05) is 36.1 Å². The van der Waals surface area contributed by atoms with E-state index < -0.39 is 0 Å². The Balaban J connectivity index is 1.72. The molecule has 3 N–H and O–H groups in total. The summed E-state index contributed by atoms with van der Waals surface area (Å²) in [6, 6.07) is 8.33. The number of ether oxygens (including phenoxy) is 1. The van der Waals surface area contributed by atoms with E-state index in [9.17, 15) is 0 Å². The van der Waals surface area contributed by atoms with E-state index in [1.165, 1.54) is 5.56 Å². The van der Waals surface area contributed by atoms with E-state index in [1.807, 2.05) is 18.3 Å². The Bertz CT molecular complexity index is 1040. The first-order valence-electron chi connectivity index (χ1n) is 8.81. The summed E-state index contributed by atoms with van der Waals surface area (Å²) in [6.07, 6.45) is 1.86. The molecule has 5 rings (SSSR count). The van der Waals surface area contributed by atoms with E-state index in [1.54, 1.807) is 0 Å². The van der Waals surface area contributed by atoms with Crippen LogP contribution in [0.4, 0.5) is 11.5 Å². The van der Waals surface area contributed by atoms with Crippen molar-refractivity contribution in [3.8, 4) is 22.5 Å². The van der Waals surface area contributed by atoms with Crippen LogP contribution in [-0.2, 0) is 11.3 Å². The van der Waals surface area contributed by atoms with Crippen molar-refractivity contribution in [2.45, 2.75) is 19.5 Å². The monoisotopic (exact) mass is 348 g/mol. The summed E-state index contributed by atoms with van der Waals surface area (Å²) in [7, 11) is 0. The van der Waals surface area contributed by atoms with E-state index in [2.05, 4.69) is 38.9 Å². The molecule has 7 heteroatoms. The fraction of sp³-hybridized carbons (Fsp3) is 0.316. The van der Waals surface area contributed by atoms with E-state index in [-0.39, 0.29) is 6.04 Å². The highest BCUT2D eigenvalue weighted by atomic mass is 16.5. The maximum absolute atomic E-state index is 6.03. The SMILES string of the molecule is Cc1ccc(N)cc1-c1cc2cnc(=NC3COC3)nc-2n2c1NCC2. The third-order valence-electron chi connectivity index (χ3n) is 4.96. The van der Waals surface area contributed by atoms with Gasteiger partial charge < -0.3 is 20.4 Å². The van der Waals surface area contributed by atoms with E-state index in [4.69, 9.17) is 15.5 Å². The number of nitrogens with zero attached hydrogens (tertiary/aromatic N) is 4. The summed E-state index contributed by atoms with van der Waals surface area (Å²) in [5.74, 6) is 1.98. The van der Waals surface area contributed by atoms with Gasteiger partial charge in [0.1, 0.15) is 17.7 Å². The Labute approximate surface area is 150 Å². The van der Waals surface area contributed by atoms with Gasteiger partial charge in [0.15, 0.2) is 0 Å². The first-order chi connectivity index (χ1) is 12.7. The largest absolute Gasteiger partial charge is 0.399 e. The molecule has 1 fully saturated rings. The summed E-state index contributed by atoms with van der Waals surface area (Å²) in [5, 5.41) is 3.50. The second-order valence-corrected chi connectivity index (χ2v) is 6.83. The Morgan fingerprint density at radius 2 is 2.15 bits per heavy atom. The third-order valence-corrected chi connectivity index (χ3v) is 4.96. The van der Waals surface area contributed by atoms with Gasteiger partial charge in [-0.25, -0.2) is 9.98 Å². The van der Waals surface area contributed by atoms with E-state index >= 15 is 0 Å². The fourth-order valence-electron chi connectivity index (χ4n) is 3.52. The molecule has 1 aromatic carbocycles. The molecule has 26 heavy (non-hydrogen) atoms. The first-order valence-corrected chi connectivity index (χ1v) is 8.81. The molecule has 4 heterocycles. The number of hydrogen-bond acceptors (Lipinski definition) is 6. The standard InChI is InChI=1S/C19H20N6O/c1-11-2-3-13(20)7-15(11)16-6-12-8-22-19(23-14-9-26-10-14)24-17(12)25-5-4-21-18(16)25/h2-3,6-8,14,21H,4-5,9-10,20H2,1H3. The van der Waals surface area contributed by atoms with Crippen LogP contribution in [0.25, 0.3) is 22.5 Å². The number of rotatable bonds is 2. The molecular weight excluding hydrogens is 328 g/mol. The average Bonchev–Trinajstić information content (AvgIpc) is 3.10. The van der Waals surface area contributed by atoms with Gasteiger partial charge in [-0.2, -0.15) is 4.98 Å². The highest BCUT2D eigenvalue weighted by molar-refractivity contribution is 5.84. The van der Waals surface area contributed by atoms with Crippen molar-refractivity contribution in [2.75, 3.05) is 30.8 Å². The predicted octanol–water partition coefficient (Wildman–Crippen LogP) is 1.67. The van der Waals surface area contributed by atoms with Crippen molar-refractivity contribution >= 4 is 11.5 Å². The van der Waals surface area contributed by atoms with Gasteiger partial charge in [-0.15, -0.1) is 0 Å². The number of aromatic nitrogens is 3. The minimum atomic E-state index is 0.179. The van der Waals surface area contributed by atoms with Crippen LogP contribution in [0.5, 0.6) is 0 Å². The second-order valence-electron chi connectivity index (χ2n) is 6.83. The van der Waals surface area contributed by atoms with Gasteiger partial charge >= 0.3 is 0 Å². The van der Waals surface area contributed by atoms with Crippen molar-refractivity contribution in [2.24, 2.45) is 4.99 Å². The zero-order valence-corrected chi connectivity index (χ0v) is 14.6. The lowest BCUT2D eigenvalue weighted by Gasteiger charge is -2.21. The van der Waals surface area contributed by atoms with Crippen molar-refractivity contribution in [1.29, 1.82) is 0 Å². The van der Waals surface area contributed by atoms with Crippen LogP contribution in [0, 0.1) is 6.92 Å².